The van der Waals surface area contributed by atoms with Crippen molar-refractivity contribution in [2.45, 2.75) is 50.9 Å². The fourth-order valence-corrected chi connectivity index (χ4v) is 2.94. The summed E-state index contributed by atoms with van der Waals surface area (Å²) >= 11 is 1.50. The number of thioether (sulfide) groups is 1. The number of pyridine rings is 1. The molecule has 0 radical (unpaired) electrons. The van der Waals surface area contributed by atoms with Crippen LogP contribution in [0.3, 0.4) is 0 Å². The summed E-state index contributed by atoms with van der Waals surface area (Å²) in [5.41, 5.74) is -0.700. The third kappa shape index (κ3) is 6.26. The summed E-state index contributed by atoms with van der Waals surface area (Å²) in [4.78, 5) is 3.90. The molecule has 1 aromatic heterocycles. The summed E-state index contributed by atoms with van der Waals surface area (Å²) < 4.78 is 37.4. The Balaban J connectivity index is 2.59. The Labute approximate surface area is 128 Å². The SMILES string of the molecule is CCCNC(CSc1ccc(C(F)(F)F)cn1)C(C)CC. The monoisotopic (exact) mass is 320 g/mol. The first-order valence-electron chi connectivity index (χ1n) is 7.27. The summed E-state index contributed by atoms with van der Waals surface area (Å²) in [5.74, 6) is 1.34. The topological polar surface area (TPSA) is 24.9 Å². The predicted octanol–water partition coefficient (Wildman–Crippen LogP) is 4.61. The predicted molar refractivity (Wildman–Crippen MR) is 81.5 cm³/mol. The Hall–Kier alpha value is -0.750. The molecule has 1 rings (SSSR count). The molecule has 0 aliphatic rings. The van der Waals surface area contributed by atoms with Gasteiger partial charge in [-0.2, -0.15) is 13.2 Å². The Kier molecular flexibility index (Phi) is 7.52. The first-order chi connectivity index (χ1) is 9.88. The van der Waals surface area contributed by atoms with Crippen molar-refractivity contribution >= 4 is 11.8 Å². The summed E-state index contributed by atoms with van der Waals surface area (Å²) in [7, 11) is 0. The maximum atomic E-state index is 12.5. The minimum atomic E-state index is -4.32. The molecule has 120 valence electrons. The first-order valence-corrected chi connectivity index (χ1v) is 8.26. The fourth-order valence-electron chi connectivity index (χ4n) is 1.85. The molecule has 0 saturated heterocycles. The molecule has 1 aromatic rings. The van der Waals surface area contributed by atoms with E-state index in [1.807, 2.05) is 0 Å². The van der Waals surface area contributed by atoms with Crippen LogP contribution < -0.4 is 5.32 Å². The van der Waals surface area contributed by atoms with E-state index in [-0.39, 0.29) is 0 Å². The number of nitrogens with one attached hydrogen (secondary N) is 1. The van der Waals surface area contributed by atoms with Crippen LogP contribution in [-0.4, -0.2) is 23.3 Å². The molecule has 0 amide bonds. The van der Waals surface area contributed by atoms with Gasteiger partial charge in [0.25, 0.3) is 0 Å². The van der Waals surface area contributed by atoms with Gasteiger partial charge in [-0.3, -0.25) is 0 Å². The Morgan fingerprint density at radius 2 is 2.00 bits per heavy atom. The van der Waals surface area contributed by atoms with Crippen LogP contribution in [0.15, 0.2) is 23.4 Å². The van der Waals surface area contributed by atoms with Gasteiger partial charge in [0.05, 0.1) is 10.6 Å². The van der Waals surface area contributed by atoms with Crippen LogP contribution in [-0.2, 0) is 6.18 Å². The van der Waals surface area contributed by atoms with E-state index >= 15 is 0 Å². The van der Waals surface area contributed by atoms with Crippen molar-refractivity contribution < 1.29 is 13.2 Å². The van der Waals surface area contributed by atoms with Gasteiger partial charge < -0.3 is 5.32 Å². The van der Waals surface area contributed by atoms with Crippen LogP contribution in [0.2, 0.25) is 0 Å². The quantitative estimate of drug-likeness (QED) is 0.708. The largest absolute Gasteiger partial charge is 0.417 e. The smallest absolute Gasteiger partial charge is 0.313 e. The van der Waals surface area contributed by atoms with Gasteiger partial charge in [-0.05, 0) is 31.0 Å². The lowest BCUT2D eigenvalue weighted by Crippen LogP contribution is -2.37. The van der Waals surface area contributed by atoms with Gasteiger partial charge in [-0.1, -0.05) is 27.2 Å². The highest BCUT2D eigenvalue weighted by atomic mass is 32.2. The van der Waals surface area contributed by atoms with Crippen molar-refractivity contribution in [2.24, 2.45) is 5.92 Å². The van der Waals surface area contributed by atoms with E-state index in [1.54, 1.807) is 0 Å². The highest BCUT2D eigenvalue weighted by Gasteiger charge is 2.30. The molecular weight excluding hydrogens is 297 g/mol. The van der Waals surface area contributed by atoms with Crippen molar-refractivity contribution in [3.8, 4) is 0 Å². The van der Waals surface area contributed by atoms with Gasteiger partial charge in [-0.15, -0.1) is 11.8 Å². The van der Waals surface area contributed by atoms with E-state index in [4.69, 9.17) is 0 Å². The maximum Gasteiger partial charge on any atom is 0.417 e. The summed E-state index contributed by atoms with van der Waals surface area (Å²) in [6, 6.07) is 2.89. The lowest BCUT2D eigenvalue weighted by atomic mass is 10.0. The molecule has 0 saturated carbocycles. The van der Waals surface area contributed by atoms with E-state index in [9.17, 15) is 13.2 Å². The molecule has 6 heteroatoms. The minimum absolute atomic E-state index is 0.351. The Morgan fingerprint density at radius 1 is 1.29 bits per heavy atom. The van der Waals surface area contributed by atoms with Crippen LogP contribution >= 0.6 is 11.8 Å². The van der Waals surface area contributed by atoms with Crippen LogP contribution in [0.25, 0.3) is 0 Å². The number of hydrogen-bond acceptors (Lipinski definition) is 3. The molecule has 0 aromatic carbocycles. The molecular formula is C15H23F3N2S. The lowest BCUT2D eigenvalue weighted by molar-refractivity contribution is -0.137. The molecule has 2 nitrogen and oxygen atoms in total. The highest BCUT2D eigenvalue weighted by Crippen LogP contribution is 2.29. The standard InChI is InChI=1S/C15H23F3N2S/c1-4-8-19-13(11(3)5-2)10-21-14-7-6-12(9-20-14)15(16,17)18/h6-7,9,11,13,19H,4-5,8,10H2,1-3H3. The Bertz CT molecular complexity index is 406. The van der Waals surface area contributed by atoms with Crippen LogP contribution in [0, 0.1) is 5.92 Å². The van der Waals surface area contributed by atoms with Crippen LogP contribution in [0.4, 0.5) is 13.2 Å². The zero-order valence-electron chi connectivity index (χ0n) is 12.7. The van der Waals surface area contributed by atoms with Crippen molar-refractivity contribution in [3.63, 3.8) is 0 Å². The number of alkyl halides is 3. The zero-order valence-corrected chi connectivity index (χ0v) is 13.5. The van der Waals surface area contributed by atoms with Gasteiger partial charge in [0.15, 0.2) is 0 Å². The van der Waals surface area contributed by atoms with Crippen molar-refractivity contribution in [1.82, 2.24) is 10.3 Å². The molecule has 0 fully saturated rings. The molecule has 0 aliphatic carbocycles. The average molecular weight is 320 g/mol. The highest BCUT2D eigenvalue weighted by molar-refractivity contribution is 7.99. The van der Waals surface area contributed by atoms with Gasteiger partial charge in [0, 0.05) is 18.0 Å². The van der Waals surface area contributed by atoms with Gasteiger partial charge in [-0.25, -0.2) is 4.98 Å². The Morgan fingerprint density at radius 3 is 2.48 bits per heavy atom. The maximum absolute atomic E-state index is 12.5. The molecule has 0 aliphatic heterocycles. The summed E-state index contributed by atoms with van der Waals surface area (Å²) in [6.45, 7) is 7.40. The number of aromatic nitrogens is 1. The molecule has 2 unspecified atom stereocenters. The second-order valence-corrected chi connectivity index (χ2v) is 6.18. The van der Waals surface area contributed by atoms with E-state index in [0.717, 1.165) is 37.4 Å². The van der Waals surface area contributed by atoms with Crippen molar-refractivity contribution in [2.75, 3.05) is 12.3 Å². The van der Waals surface area contributed by atoms with Gasteiger partial charge >= 0.3 is 6.18 Å². The second-order valence-electron chi connectivity index (χ2n) is 5.14. The molecule has 0 bridgehead atoms. The second kappa shape index (κ2) is 8.63. The number of hydrogen-bond donors (Lipinski definition) is 1. The molecule has 0 spiro atoms. The fraction of sp³-hybridized carbons (Fsp3) is 0.667. The molecule has 1 heterocycles. The zero-order chi connectivity index (χ0) is 15.9. The van der Waals surface area contributed by atoms with E-state index in [2.05, 4.69) is 31.1 Å². The van der Waals surface area contributed by atoms with E-state index < -0.39 is 11.7 Å². The molecule has 2 atom stereocenters. The van der Waals surface area contributed by atoms with Crippen LogP contribution in [0.1, 0.15) is 39.2 Å². The average Bonchev–Trinajstić information content (AvgIpc) is 2.46. The van der Waals surface area contributed by atoms with Crippen LogP contribution in [0.5, 0.6) is 0 Å². The first kappa shape index (κ1) is 18.3. The summed E-state index contributed by atoms with van der Waals surface area (Å²) in [6.07, 6.45) is -1.28. The van der Waals surface area contributed by atoms with Gasteiger partial charge in [0.1, 0.15) is 0 Å². The lowest BCUT2D eigenvalue weighted by Gasteiger charge is -2.23. The van der Waals surface area contributed by atoms with E-state index in [1.165, 1.54) is 17.8 Å². The molecule has 1 N–H and O–H groups in total. The van der Waals surface area contributed by atoms with Crippen molar-refractivity contribution in [3.05, 3.63) is 23.9 Å². The number of halogens is 3. The third-order valence-electron chi connectivity index (χ3n) is 3.46. The number of rotatable bonds is 8. The van der Waals surface area contributed by atoms with E-state index in [0.29, 0.717) is 17.0 Å². The number of nitrogens with zero attached hydrogens (tertiary/aromatic N) is 1. The van der Waals surface area contributed by atoms with Crippen molar-refractivity contribution in [1.29, 1.82) is 0 Å². The minimum Gasteiger partial charge on any atom is -0.313 e. The molecule has 21 heavy (non-hydrogen) atoms. The summed E-state index contributed by atoms with van der Waals surface area (Å²) in [5, 5.41) is 4.13. The normalized spacial score (nSPS) is 15.0. The van der Waals surface area contributed by atoms with Gasteiger partial charge in [0.2, 0.25) is 0 Å². The third-order valence-corrected chi connectivity index (χ3v) is 4.52.